The highest BCUT2D eigenvalue weighted by Gasteiger charge is 2.06. The topological polar surface area (TPSA) is 43.1 Å². The lowest BCUT2D eigenvalue weighted by Crippen LogP contribution is -2.06. The van der Waals surface area contributed by atoms with Gasteiger partial charge in [-0.1, -0.05) is 35.3 Å². The summed E-state index contributed by atoms with van der Waals surface area (Å²) in [4.78, 5) is 10.6. The number of rotatable bonds is 2. The van der Waals surface area contributed by atoms with Gasteiger partial charge in [0.1, 0.15) is 0 Å². The van der Waals surface area contributed by atoms with Crippen molar-refractivity contribution in [3.8, 4) is 0 Å². The second-order valence-electron chi connectivity index (χ2n) is 2.83. The molecule has 0 saturated carbocycles. The van der Waals surface area contributed by atoms with E-state index in [9.17, 15) is 4.79 Å². The van der Waals surface area contributed by atoms with Gasteiger partial charge in [0, 0.05) is 6.08 Å². The molecule has 0 heterocycles. The molecule has 1 rings (SSSR count). The number of primary amides is 1. The van der Waals surface area contributed by atoms with Crippen LogP contribution >= 0.6 is 23.2 Å². The van der Waals surface area contributed by atoms with E-state index in [0.717, 1.165) is 5.56 Å². The summed E-state index contributed by atoms with van der Waals surface area (Å²) in [6.07, 6.45) is 1.32. The zero-order valence-corrected chi connectivity index (χ0v) is 9.06. The van der Waals surface area contributed by atoms with Crippen LogP contribution in [0.25, 0.3) is 5.57 Å². The third-order valence-electron chi connectivity index (χ3n) is 1.74. The summed E-state index contributed by atoms with van der Waals surface area (Å²) in [5, 5.41) is 0.894. The van der Waals surface area contributed by atoms with Crippen molar-refractivity contribution in [2.45, 2.75) is 6.92 Å². The molecule has 0 radical (unpaired) electrons. The minimum atomic E-state index is -0.501. The Labute approximate surface area is 92.3 Å². The molecular formula is C10H9Cl2NO. The summed E-state index contributed by atoms with van der Waals surface area (Å²) in [6.45, 7) is 1.75. The lowest BCUT2D eigenvalue weighted by atomic mass is 10.1. The van der Waals surface area contributed by atoms with E-state index in [4.69, 9.17) is 28.9 Å². The Balaban J connectivity index is 3.20. The number of halogens is 2. The summed E-state index contributed by atoms with van der Waals surface area (Å²) in [6, 6.07) is 5.23. The van der Waals surface area contributed by atoms with Gasteiger partial charge in [-0.2, -0.15) is 0 Å². The molecule has 14 heavy (non-hydrogen) atoms. The maximum absolute atomic E-state index is 10.6. The normalized spacial score (nSPS) is 11.5. The first-order valence-electron chi connectivity index (χ1n) is 3.94. The monoisotopic (exact) mass is 229 g/mol. The highest BCUT2D eigenvalue weighted by atomic mass is 35.5. The van der Waals surface area contributed by atoms with Gasteiger partial charge in [0.25, 0.3) is 0 Å². The van der Waals surface area contributed by atoms with Crippen molar-refractivity contribution in [1.82, 2.24) is 0 Å². The van der Waals surface area contributed by atoms with E-state index in [0.29, 0.717) is 15.6 Å². The Morgan fingerprint density at radius 3 is 2.64 bits per heavy atom. The maximum Gasteiger partial charge on any atom is 0.241 e. The molecule has 0 fully saturated rings. The summed E-state index contributed by atoms with van der Waals surface area (Å²) < 4.78 is 0. The van der Waals surface area contributed by atoms with Crippen LogP contribution < -0.4 is 5.73 Å². The molecule has 74 valence electrons. The molecule has 0 aromatic heterocycles. The number of hydrogen-bond donors (Lipinski definition) is 1. The first-order chi connectivity index (χ1) is 6.52. The number of carbonyl (C=O) groups excluding carboxylic acids is 1. The molecule has 2 nitrogen and oxygen atoms in total. The summed E-state index contributed by atoms with van der Waals surface area (Å²) in [5.74, 6) is -0.501. The standard InChI is InChI=1S/C10H9Cl2NO/c1-6(5-9(13)14)7-3-2-4-8(11)10(7)12/h2-5H,1H3,(H2,13,14). The number of benzene rings is 1. The zero-order valence-electron chi connectivity index (χ0n) is 7.55. The minimum Gasteiger partial charge on any atom is -0.366 e. The third kappa shape index (κ3) is 2.50. The Kier molecular flexibility index (Phi) is 3.55. The lowest BCUT2D eigenvalue weighted by molar-refractivity contribution is -0.113. The van der Waals surface area contributed by atoms with Crippen molar-refractivity contribution in [1.29, 1.82) is 0 Å². The van der Waals surface area contributed by atoms with Crippen LogP contribution in [-0.4, -0.2) is 5.91 Å². The first kappa shape index (κ1) is 11.1. The molecule has 0 unspecified atom stereocenters. The molecule has 0 spiro atoms. The van der Waals surface area contributed by atoms with Crippen LogP contribution in [0.3, 0.4) is 0 Å². The minimum absolute atomic E-state index is 0.434. The number of hydrogen-bond acceptors (Lipinski definition) is 1. The molecule has 0 bridgehead atoms. The van der Waals surface area contributed by atoms with Crippen LogP contribution in [0.15, 0.2) is 24.3 Å². The average Bonchev–Trinajstić information content (AvgIpc) is 2.08. The molecule has 1 aromatic rings. The highest BCUT2D eigenvalue weighted by Crippen LogP contribution is 2.29. The number of carbonyl (C=O) groups is 1. The van der Waals surface area contributed by atoms with E-state index in [2.05, 4.69) is 0 Å². The van der Waals surface area contributed by atoms with Gasteiger partial charge in [-0.15, -0.1) is 0 Å². The van der Waals surface area contributed by atoms with Gasteiger partial charge in [0.15, 0.2) is 0 Å². The van der Waals surface area contributed by atoms with Crippen molar-refractivity contribution >= 4 is 34.7 Å². The third-order valence-corrected chi connectivity index (χ3v) is 2.55. The fraction of sp³-hybridized carbons (Fsp3) is 0.100. The summed E-state index contributed by atoms with van der Waals surface area (Å²) >= 11 is 11.8. The number of nitrogens with two attached hydrogens (primary N) is 1. The number of amides is 1. The molecule has 0 aliphatic heterocycles. The highest BCUT2D eigenvalue weighted by molar-refractivity contribution is 6.43. The smallest absolute Gasteiger partial charge is 0.241 e. The predicted molar refractivity (Wildman–Crippen MR) is 59.3 cm³/mol. The average molecular weight is 230 g/mol. The van der Waals surface area contributed by atoms with Crippen molar-refractivity contribution in [3.05, 3.63) is 39.9 Å². The summed E-state index contributed by atoms with van der Waals surface area (Å²) in [5.41, 5.74) is 6.45. The number of allylic oxidation sites excluding steroid dienone is 1. The van der Waals surface area contributed by atoms with E-state index < -0.39 is 5.91 Å². The van der Waals surface area contributed by atoms with Gasteiger partial charge in [0.05, 0.1) is 10.0 Å². The molecule has 0 saturated heterocycles. The quantitative estimate of drug-likeness (QED) is 0.780. The molecule has 1 aromatic carbocycles. The van der Waals surface area contributed by atoms with Crippen LogP contribution in [0.1, 0.15) is 12.5 Å². The SMILES string of the molecule is CC(=CC(N)=O)c1cccc(Cl)c1Cl. The molecule has 2 N–H and O–H groups in total. The van der Waals surface area contributed by atoms with Gasteiger partial charge in [-0.05, 0) is 24.1 Å². The second-order valence-corrected chi connectivity index (χ2v) is 3.62. The van der Waals surface area contributed by atoms with E-state index >= 15 is 0 Å². The first-order valence-corrected chi connectivity index (χ1v) is 4.70. The fourth-order valence-corrected chi connectivity index (χ4v) is 1.55. The Hall–Kier alpha value is -0.990. The van der Waals surface area contributed by atoms with Crippen LogP contribution in [0.4, 0.5) is 0 Å². The largest absolute Gasteiger partial charge is 0.366 e. The van der Waals surface area contributed by atoms with Crippen molar-refractivity contribution in [2.24, 2.45) is 5.73 Å². The summed E-state index contributed by atoms with van der Waals surface area (Å²) in [7, 11) is 0. The maximum atomic E-state index is 10.6. The second kappa shape index (κ2) is 4.49. The molecule has 1 amide bonds. The van der Waals surface area contributed by atoms with Gasteiger partial charge in [-0.25, -0.2) is 0 Å². The molecule has 0 atom stereocenters. The van der Waals surface area contributed by atoms with E-state index in [1.165, 1.54) is 6.08 Å². The van der Waals surface area contributed by atoms with Crippen LogP contribution in [0.2, 0.25) is 10.0 Å². The van der Waals surface area contributed by atoms with Gasteiger partial charge in [0.2, 0.25) is 5.91 Å². The van der Waals surface area contributed by atoms with Gasteiger partial charge < -0.3 is 5.73 Å². The lowest BCUT2D eigenvalue weighted by Gasteiger charge is -2.04. The van der Waals surface area contributed by atoms with E-state index in [1.54, 1.807) is 25.1 Å². The van der Waals surface area contributed by atoms with Crippen LogP contribution in [0.5, 0.6) is 0 Å². The Morgan fingerprint density at radius 1 is 1.43 bits per heavy atom. The zero-order chi connectivity index (χ0) is 10.7. The molecular weight excluding hydrogens is 221 g/mol. The van der Waals surface area contributed by atoms with Crippen molar-refractivity contribution < 1.29 is 4.79 Å². The van der Waals surface area contributed by atoms with Gasteiger partial charge >= 0.3 is 0 Å². The van der Waals surface area contributed by atoms with E-state index in [1.807, 2.05) is 0 Å². The molecule has 0 aliphatic carbocycles. The predicted octanol–water partition coefficient (Wildman–Crippen LogP) is 2.88. The van der Waals surface area contributed by atoms with Crippen molar-refractivity contribution in [3.63, 3.8) is 0 Å². The van der Waals surface area contributed by atoms with Crippen LogP contribution in [0, 0.1) is 0 Å². The van der Waals surface area contributed by atoms with Gasteiger partial charge in [-0.3, -0.25) is 4.79 Å². The fourth-order valence-electron chi connectivity index (χ4n) is 1.10. The Bertz CT molecular complexity index is 399. The molecule has 0 aliphatic rings. The van der Waals surface area contributed by atoms with Crippen molar-refractivity contribution in [2.75, 3.05) is 0 Å². The van der Waals surface area contributed by atoms with Crippen LogP contribution in [-0.2, 0) is 4.79 Å². The Morgan fingerprint density at radius 2 is 2.07 bits per heavy atom. The molecule has 4 heteroatoms. The van der Waals surface area contributed by atoms with E-state index in [-0.39, 0.29) is 0 Å².